The van der Waals surface area contributed by atoms with Gasteiger partial charge in [0, 0.05) is 38.6 Å². The van der Waals surface area contributed by atoms with Crippen LogP contribution in [0.2, 0.25) is 0 Å². The summed E-state index contributed by atoms with van der Waals surface area (Å²) in [6.07, 6.45) is 4.37. The average molecular weight is 267 g/mol. The van der Waals surface area contributed by atoms with Crippen molar-refractivity contribution in [3.63, 3.8) is 0 Å². The highest BCUT2D eigenvalue weighted by atomic mass is 16.2. The maximum atomic E-state index is 11.5. The number of likely N-dealkylation sites (N-methyl/N-ethyl adjacent to an activating group) is 1. The molecule has 0 saturated carbocycles. The van der Waals surface area contributed by atoms with Crippen molar-refractivity contribution in [1.29, 1.82) is 0 Å². The third kappa shape index (κ3) is 3.93. The third-order valence-electron chi connectivity index (χ3n) is 4.82. The van der Waals surface area contributed by atoms with Crippen LogP contribution in [0.4, 0.5) is 0 Å². The fourth-order valence-electron chi connectivity index (χ4n) is 3.44. The van der Waals surface area contributed by atoms with Crippen LogP contribution in [0.1, 0.15) is 39.5 Å². The molecule has 2 fully saturated rings. The maximum Gasteiger partial charge on any atom is 0.222 e. The van der Waals surface area contributed by atoms with Gasteiger partial charge in [0.1, 0.15) is 0 Å². The van der Waals surface area contributed by atoms with Crippen molar-refractivity contribution >= 4 is 5.91 Å². The average Bonchev–Trinajstić information content (AvgIpc) is 2.43. The number of amides is 1. The number of carbonyl (C=O) groups excluding carboxylic acids is 1. The first-order valence-corrected chi connectivity index (χ1v) is 7.82. The summed E-state index contributed by atoms with van der Waals surface area (Å²) in [5.41, 5.74) is 0. The molecular weight excluding hydrogens is 238 g/mol. The van der Waals surface area contributed by atoms with E-state index in [9.17, 15) is 4.79 Å². The predicted octanol–water partition coefficient (Wildman–Crippen LogP) is 1.32. The lowest BCUT2D eigenvalue weighted by Gasteiger charge is -2.38. The van der Waals surface area contributed by atoms with E-state index in [0.29, 0.717) is 24.4 Å². The summed E-state index contributed by atoms with van der Waals surface area (Å²) in [4.78, 5) is 15.9. The van der Waals surface area contributed by atoms with Gasteiger partial charge in [-0.2, -0.15) is 0 Å². The molecule has 19 heavy (non-hydrogen) atoms. The molecule has 4 nitrogen and oxygen atoms in total. The van der Waals surface area contributed by atoms with Crippen molar-refractivity contribution in [1.82, 2.24) is 15.1 Å². The van der Waals surface area contributed by atoms with Crippen molar-refractivity contribution in [2.45, 2.75) is 51.6 Å². The van der Waals surface area contributed by atoms with Crippen LogP contribution in [0.25, 0.3) is 0 Å². The highest BCUT2D eigenvalue weighted by Gasteiger charge is 2.28. The van der Waals surface area contributed by atoms with Crippen molar-refractivity contribution in [3.05, 3.63) is 0 Å². The Labute approximate surface area is 117 Å². The minimum Gasteiger partial charge on any atom is -0.344 e. The molecule has 3 atom stereocenters. The normalized spacial score (nSPS) is 31.5. The number of hydrogen-bond acceptors (Lipinski definition) is 3. The summed E-state index contributed by atoms with van der Waals surface area (Å²) in [5, 5.41) is 3.76. The Morgan fingerprint density at radius 3 is 2.84 bits per heavy atom. The van der Waals surface area contributed by atoms with Gasteiger partial charge in [0.2, 0.25) is 5.91 Å². The quantitative estimate of drug-likeness (QED) is 0.834. The number of piperidine rings is 2. The Morgan fingerprint density at radius 2 is 2.16 bits per heavy atom. The summed E-state index contributed by atoms with van der Waals surface area (Å²) in [6.45, 7) is 9.10. The van der Waals surface area contributed by atoms with Crippen LogP contribution in [0.3, 0.4) is 0 Å². The van der Waals surface area contributed by atoms with Crippen LogP contribution < -0.4 is 5.32 Å². The van der Waals surface area contributed by atoms with E-state index in [1.165, 1.54) is 32.5 Å². The number of nitrogens with zero attached hydrogens (tertiary/aromatic N) is 2. The Balaban J connectivity index is 1.80. The van der Waals surface area contributed by atoms with Crippen LogP contribution in [-0.4, -0.2) is 61.0 Å². The Morgan fingerprint density at radius 1 is 1.37 bits per heavy atom. The van der Waals surface area contributed by atoms with Crippen LogP contribution in [0.5, 0.6) is 0 Å². The van der Waals surface area contributed by atoms with Gasteiger partial charge in [0.25, 0.3) is 0 Å². The SMILES string of the molecule is CCN1CCCC(C(C)NC2CCC(=O)N(C)C2)C1. The second-order valence-electron chi connectivity index (χ2n) is 6.26. The zero-order chi connectivity index (χ0) is 13.8. The topological polar surface area (TPSA) is 35.6 Å². The molecule has 0 aliphatic carbocycles. The minimum atomic E-state index is 0.292. The van der Waals surface area contributed by atoms with E-state index in [1.807, 2.05) is 11.9 Å². The molecule has 110 valence electrons. The minimum absolute atomic E-state index is 0.292. The number of carbonyl (C=O) groups is 1. The zero-order valence-corrected chi connectivity index (χ0v) is 12.7. The lowest BCUT2D eigenvalue weighted by Crippen LogP contribution is -2.52. The number of hydrogen-bond donors (Lipinski definition) is 1. The molecule has 0 radical (unpaired) electrons. The highest BCUT2D eigenvalue weighted by Crippen LogP contribution is 2.21. The first kappa shape index (κ1) is 14.8. The van der Waals surface area contributed by atoms with Crippen molar-refractivity contribution in [2.75, 3.05) is 33.2 Å². The van der Waals surface area contributed by atoms with E-state index < -0.39 is 0 Å². The molecular formula is C15H29N3O. The molecule has 0 bridgehead atoms. The van der Waals surface area contributed by atoms with E-state index in [0.717, 1.165) is 18.9 Å². The maximum absolute atomic E-state index is 11.5. The molecule has 0 spiro atoms. The summed E-state index contributed by atoms with van der Waals surface area (Å²) in [5.74, 6) is 1.05. The monoisotopic (exact) mass is 267 g/mol. The van der Waals surface area contributed by atoms with E-state index in [2.05, 4.69) is 24.1 Å². The summed E-state index contributed by atoms with van der Waals surface area (Å²) >= 11 is 0. The van der Waals surface area contributed by atoms with Crippen molar-refractivity contribution < 1.29 is 4.79 Å². The van der Waals surface area contributed by atoms with Gasteiger partial charge in [-0.15, -0.1) is 0 Å². The second kappa shape index (κ2) is 6.71. The molecule has 3 unspecified atom stereocenters. The van der Waals surface area contributed by atoms with Crippen molar-refractivity contribution in [2.24, 2.45) is 5.92 Å². The molecule has 0 aromatic heterocycles. The molecule has 2 saturated heterocycles. The smallest absolute Gasteiger partial charge is 0.222 e. The first-order chi connectivity index (χ1) is 9.10. The molecule has 4 heteroatoms. The number of rotatable bonds is 4. The van der Waals surface area contributed by atoms with Gasteiger partial charge < -0.3 is 15.1 Å². The van der Waals surface area contributed by atoms with Gasteiger partial charge in [-0.05, 0) is 45.2 Å². The Bertz CT molecular complexity index is 308. The molecule has 1 N–H and O–H groups in total. The van der Waals surface area contributed by atoms with Crippen LogP contribution in [-0.2, 0) is 4.79 Å². The van der Waals surface area contributed by atoms with Gasteiger partial charge in [-0.3, -0.25) is 4.79 Å². The zero-order valence-electron chi connectivity index (χ0n) is 12.7. The highest BCUT2D eigenvalue weighted by molar-refractivity contribution is 5.76. The molecule has 0 aromatic rings. The van der Waals surface area contributed by atoms with Gasteiger partial charge >= 0.3 is 0 Å². The van der Waals surface area contributed by atoms with Crippen molar-refractivity contribution in [3.8, 4) is 0 Å². The Kier molecular flexibility index (Phi) is 5.22. The predicted molar refractivity (Wildman–Crippen MR) is 78.1 cm³/mol. The molecule has 2 heterocycles. The van der Waals surface area contributed by atoms with E-state index in [-0.39, 0.29) is 0 Å². The van der Waals surface area contributed by atoms with E-state index in [4.69, 9.17) is 0 Å². The molecule has 1 amide bonds. The van der Waals surface area contributed by atoms with Crippen LogP contribution in [0, 0.1) is 5.92 Å². The lowest BCUT2D eigenvalue weighted by atomic mass is 9.90. The fraction of sp³-hybridized carbons (Fsp3) is 0.933. The lowest BCUT2D eigenvalue weighted by molar-refractivity contribution is -0.132. The molecule has 2 aliphatic heterocycles. The second-order valence-corrected chi connectivity index (χ2v) is 6.26. The van der Waals surface area contributed by atoms with Gasteiger partial charge in [0.05, 0.1) is 0 Å². The molecule has 2 aliphatic rings. The first-order valence-electron chi connectivity index (χ1n) is 7.82. The summed E-state index contributed by atoms with van der Waals surface area (Å²) < 4.78 is 0. The largest absolute Gasteiger partial charge is 0.344 e. The number of nitrogens with one attached hydrogen (secondary N) is 1. The molecule has 0 aromatic carbocycles. The van der Waals surface area contributed by atoms with Crippen LogP contribution >= 0.6 is 0 Å². The van der Waals surface area contributed by atoms with Gasteiger partial charge in [0.15, 0.2) is 0 Å². The summed E-state index contributed by atoms with van der Waals surface area (Å²) in [6, 6.07) is 1.04. The molecule has 2 rings (SSSR count). The number of likely N-dealkylation sites (tertiary alicyclic amines) is 2. The van der Waals surface area contributed by atoms with Gasteiger partial charge in [-0.1, -0.05) is 6.92 Å². The Hall–Kier alpha value is -0.610. The third-order valence-corrected chi connectivity index (χ3v) is 4.82. The summed E-state index contributed by atoms with van der Waals surface area (Å²) in [7, 11) is 1.92. The van der Waals surface area contributed by atoms with Gasteiger partial charge in [-0.25, -0.2) is 0 Å². The standard InChI is InChI=1S/C15H29N3O/c1-4-18-9-5-6-13(10-18)12(2)16-14-7-8-15(19)17(3)11-14/h12-14,16H,4-11H2,1-3H3. The van der Waals surface area contributed by atoms with Crippen LogP contribution in [0.15, 0.2) is 0 Å². The van der Waals surface area contributed by atoms with E-state index >= 15 is 0 Å². The fourth-order valence-corrected chi connectivity index (χ4v) is 3.44. The van der Waals surface area contributed by atoms with E-state index in [1.54, 1.807) is 0 Å².